The number of rotatable bonds is 1. The Morgan fingerprint density at radius 1 is 0.818 bits per heavy atom. The molecule has 22 heavy (non-hydrogen) atoms. The molecule has 0 atom stereocenters. The zero-order chi connectivity index (χ0) is 15.4. The second-order valence-electron chi connectivity index (χ2n) is 5.61. The minimum Gasteiger partial charge on any atom is -0.350 e. The highest BCUT2D eigenvalue weighted by Crippen LogP contribution is 2.35. The van der Waals surface area contributed by atoms with Crippen LogP contribution in [0.4, 0.5) is 0 Å². The SMILES string of the molecule is Cn1cc(-c2cc3cc(Br)ccc3n2C)c2cc(Br)ccc21. The van der Waals surface area contributed by atoms with Crippen LogP contribution in [0.3, 0.4) is 0 Å². The topological polar surface area (TPSA) is 9.86 Å². The molecule has 4 rings (SSSR count). The minimum absolute atomic E-state index is 1.11. The van der Waals surface area contributed by atoms with Crippen molar-refractivity contribution in [2.75, 3.05) is 0 Å². The zero-order valence-corrected chi connectivity index (χ0v) is 15.4. The molecule has 0 N–H and O–H groups in total. The first-order valence-corrected chi connectivity index (χ1v) is 8.63. The first-order valence-electron chi connectivity index (χ1n) is 7.04. The van der Waals surface area contributed by atoms with Gasteiger partial charge in [0.25, 0.3) is 0 Å². The van der Waals surface area contributed by atoms with E-state index in [-0.39, 0.29) is 0 Å². The number of fused-ring (bicyclic) bond motifs is 2. The zero-order valence-electron chi connectivity index (χ0n) is 12.3. The lowest BCUT2D eigenvalue weighted by Gasteiger charge is -2.03. The van der Waals surface area contributed by atoms with E-state index < -0.39 is 0 Å². The molecule has 2 aromatic carbocycles. The van der Waals surface area contributed by atoms with Gasteiger partial charge in [-0.15, -0.1) is 0 Å². The van der Waals surface area contributed by atoms with Gasteiger partial charge >= 0.3 is 0 Å². The first-order chi connectivity index (χ1) is 10.5. The molecular formula is C18H14Br2N2. The summed E-state index contributed by atoms with van der Waals surface area (Å²) in [5, 5.41) is 2.51. The molecule has 0 aliphatic heterocycles. The van der Waals surface area contributed by atoms with Crippen LogP contribution in [0.1, 0.15) is 0 Å². The summed E-state index contributed by atoms with van der Waals surface area (Å²) < 4.78 is 6.66. The first kappa shape index (κ1) is 14.1. The number of halogens is 2. The summed E-state index contributed by atoms with van der Waals surface area (Å²) in [4.78, 5) is 0. The van der Waals surface area contributed by atoms with Crippen LogP contribution in [0.15, 0.2) is 57.6 Å². The van der Waals surface area contributed by atoms with Gasteiger partial charge in [0.1, 0.15) is 0 Å². The molecule has 110 valence electrons. The lowest BCUT2D eigenvalue weighted by molar-refractivity contribution is 0.957. The van der Waals surface area contributed by atoms with Crippen LogP contribution >= 0.6 is 31.9 Å². The molecular weight excluding hydrogens is 404 g/mol. The number of aryl methyl sites for hydroxylation is 2. The normalized spacial score (nSPS) is 11.6. The third kappa shape index (κ3) is 2.05. The van der Waals surface area contributed by atoms with Crippen molar-refractivity contribution in [1.82, 2.24) is 9.13 Å². The number of nitrogens with zero attached hydrogens (tertiary/aromatic N) is 2. The smallest absolute Gasteiger partial charge is 0.0510 e. The molecule has 0 unspecified atom stereocenters. The van der Waals surface area contributed by atoms with Crippen molar-refractivity contribution in [1.29, 1.82) is 0 Å². The molecule has 4 aromatic rings. The van der Waals surface area contributed by atoms with E-state index in [4.69, 9.17) is 0 Å². The fourth-order valence-electron chi connectivity index (χ4n) is 3.15. The van der Waals surface area contributed by atoms with E-state index in [9.17, 15) is 0 Å². The molecule has 2 nitrogen and oxygen atoms in total. The van der Waals surface area contributed by atoms with Gasteiger partial charge in [-0.2, -0.15) is 0 Å². The standard InChI is InChI=1S/C18H14Br2N2/c1-21-10-15(14-9-13(20)4-6-17(14)21)18-8-11-7-12(19)3-5-16(11)22(18)2/h3-10H,1-2H3. The highest BCUT2D eigenvalue weighted by atomic mass is 79.9. The van der Waals surface area contributed by atoms with Gasteiger partial charge in [-0.05, 0) is 42.5 Å². The van der Waals surface area contributed by atoms with Crippen molar-refractivity contribution < 1.29 is 0 Å². The average Bonchev–Trinajstić information content (AvgIpc) is 2.96. The predicted octanol–water partition coefficient (Wildman–Crippen LogP) is 5.86. The molecule has 2 heterocycles. The van der Waals surface area contributed by atoms with Crippen LogP contribution in [0, 0.1) is 0 Å². The average molecular weight is 418 g/mol. The predicted molar refractivity (Wildman–Crippen MR) is 100 cm³/mol. The molecule has 0 fully saturated rings. The summed E-state index contributed by atoms with van der Waals surface area (Å²) in [6, 6.07) is 15.1. The minimum atomic E-state index is 1.11. The van der Waals surface area contributed by atoms with Crippen LogP contribution in [0.25, 0.3) is 33.1 Å². The highest BCUT2D eigenvalue weighted by molar-refractivity contribution is 9.10. The fourth-order valence-corrected chi connectivity index (χ4v) is 3.89. The van der Waals surface area contributed by atoms with Crippen molar-refractivity contribution in [3.8, 4) is 11.3 Å². The molecule has 0 aliphatic carbocycles. The number of aromatic nitrogens is 2. The van der Waals surface area contributed by atoms with E-state index in [1.807, 2.05) is 0 Å². The van der Waals surface area contributed by atoms with Crippen molar-refractivity contribution in [3.05, 3.63) is 57.6 Å². The second-order valence-corrected chi connectivity index (χ2v) is 7.44. The van der Waals surface area contributed by atoms with E-state index in [1.165, 1.54) is 33.1 Å². The van der Waals surface area contributed by atoms with Crippen molar-refractivity contribution in [2.45, 2.75) is 0 Å². The van der Waals surface area contributed by atoms with Crippen LogP contribution in [0.5, 0.6) is 0 Å². The van der Waals surface area contributed by atoms with Gasteiger partial charge in [0.15, 0.2) is 0 Å². The molecule has 0 spiro atoms. The lowest BCUT2D eigenvalue weighted by atomic mass is 10.1. The van der Waals surface area contributed by atoms with Crippen LogP contribution in [-0.2, 0) is 14.1 Å². The second kappa shape index (κ2) is 5.00. The molecule has 0 aliphatic rings. The third-order valence-electron chi connectivity index (χ3n) is 4.23. The van der Waals surface area contributed by atoms with E-state index in [2.05, 4.69) is 104 Å². The van der Waals surface area contributed by atoms with Crippen LogP contribution in [-0.4, -0.2) is 9.13 Å². The van der Waals surface area contributed by atoms with Gasteiger partial charge in [0.05, 0.1) is 5.69 Å². The van der Waals surface area contributed by atoms with E-state index in [1.54, 1.807) is 0 Å². The Morgan fingerprint density at radius 2 is 1.50 bits per heavy atom. The van der Waals surface area contributed by atoms with Crippen molar-refractivity contribution in [2.24, 2.45) is 14.1 Å². The molecule has 0 amide bonds. The Bertz CT molecular complexity index is 1020. The summed E-state index contributed by atoms with van der Waals surface area (Å²) in [6.07, 6.45) is 2.21. The summed E-state index contributed by atoms with van der Waals surface area (Å²) in [6.45, 7) is 0. The van der Waals surface area contributed by atoms with Gasteiger partial charge in [-0.25, -0.2) is 0 Å². The van der Waals surface area contributed by atoms with Gasteiger partial charge in [-0.3, -0.25) is 0 Å². The maximum absolute atomic E-state index is 3.59. The number of hydrogen-bond acceptors (Lipinski definition) is 0. The Morgan fingerprint density at radius 3 is 2.27 bits per heavy atom. The molecule has 0 saturated heterocycles. The van der Waals surface area contributed by atoms with Gasteiger partial charge in [0, 0.05) is 56.6 Å². The summed E-state index contributed by atoms with van der Waals surface area (Å²) in [5.74, 6) is 0. The van der Waals surface area contributed by atoms with Gasteiger partial charge < -0.3 is 9.13 Å². The summed E-state index contributed by atoms with van der Waals surface area (Å²) in [7, 11) is 4.22. The fraction of sp³-hybridized carbons (Fsp3) is 0.111. The molecule has 0 radical (unpaired) electrons. The Labute approximate surface area is 145 Å². The number of hydrogen-bond donors (Lipinski definition) is 0. The van der Waals surface area contributed by atoms with E-state index in [0.29, 0.717) is 0 Å². The summed E-state index contributed by atoms with van der Waals surface area (Å²) >= 11 is 7.15. The quantitative estimate of drug-likeness (QED) is 0.367. The van der Waals surface area contributed by atoms with Crippen molar-refractivity contribution >= 4 is 53.7 Å². The summed E-state index contributed by atoms with van der Waals surface area (Å²) in [5.41, 5.74) is 4.97. The van der Waals surface area contributed by atoms with Gasteiger partial charge in [-0.1, -0.05) is 31.9 Å². The number of benzene rings is 2. The Balaban J connectivity index is 2.07. The molecule has 2 aromatic heterocycles. The van der Waals surface area contributed by atoms with Crippen LogP contribution < -0.4 is 0 Å². The molecule has 0 saturated carbocycles. The largest absolute Gasteiger partial charge is 0.350 e. The monoisotopic (exact) mass is 416 g/mol. The maximum Gasteiger partial charge on any atom is 0.0510 e. The third-order valence-corrected chi connectivity index (χ3v) is 5.22. The molecule has 0 bridgehead atoms. The highest BCUT2D eigenvalue weighted by Gasteiger charge is 2.14. The van der Waals surface area contributed by atoms with Gasteiger partial charge in [0.2, 0.25) is 0 Å². The van der Waals surface area contributed by atoms with E-state index in [0.717, 1.165) is 8.95 Å². The van der Waals surface area contributed by atoms with Crippen LogP contribution in [0.2, 0.25) is 0 Å². The van der Waals surface area contributed by atoms with E-state index >= 15 is 0 Å². The Kier molecular flexibility index (Phi) is 3.20. The Hall–Kier alpha value is -1.52. The lowest BCUT2D eigenvalue weighted by Crippen LogP contribution is -1.90. The maximum atomic E-state index is 3.59. The van der Waals surface area contributed by atoms with Crippen molar-refractivity contribution in [3.63, 3.8) is 0 Å². The molecule has 4 heteroatoms.